The van der Waals surface area contributed by atoms with Crippen molar-refractivity contribution in [2.24, 2.45) is 5.92 Å². The maximum absolute atomic E-state index is 12.2. The van der Waals surface area contributed by atoms with Crippen LogP contribution in [0, 0.1) is 12.8 Å². The zero-order valence-electron chi connectivity index (χ0n) is 14.0. The Labute approximate surface area is 133 Å². The number of nitrogens with zero attached hydrogens (tertiary/aromatic N) is 3. The lowest BCUT2D eigenvalue weighted by Gasteiger charge is -2.32. The maximum atomic E-state index is 12.2. The molecule has 0 saturated carbocycles. The highest BCUT2D eigenvalue weighted by molar-refractivity contribution is 5.74. The number of nitrogens with one attached hydrogen (secondary N) is 1. The Balaban J connectivity index is 1.80. The molecule has 5 heteroatoms. The van der Waals surface area contributed by atoms with Gasteiger partial charge in [0.15, 0.2) is 0 Å². The summed E-state index contributed by atoms with van der Waals surface area (Å²) < 4.78 is 0. The molecule has 2 rings (SSSR count). The fraction of sp³-hybridized carbons (Fsp3) is 0.706. The van der Waals surface area contributed by atoms with E-state index in [4.69, 9.17) is 0 Å². The van der Waals surface area contributed by atoms with Crippen LogP contribution in [0.25, 0.3) is 0 Å². The van der Waals surface area contributed by atoms with Gasteiger partial charge in [0, 0.05) is 37.4 Å². The quantitative estimate of drug-likeness (QED) is 0.909. The molecule has 0 bridgehead atoms. The number of hydrogen-bond donors (Lipinski definition) is 1. The van der Waals surface area contributed by atoms with Crippen molar-refractivity contribution in [3.63, 3.8) is 0 Å². The van der Waals surface area contributed by atoms with Gasteiger partial charge >= 0.3 is 6.03 Å². The average molecular weight is 304 g/mol. The van der Waals surface area contributed by atoms with Gasteiger partial charge in [-0.3, -0.25) is 0 Å². The molecule has 1 saturated heterocycles. The molecule has 0 aromatic carbocycles. The molecule has 0 atom stereocenters. The minimum atomic E-state index is 0.0872. The summed E-state index contributed by atoms with van der Waals surface area (Å²) in [5.74, 6) is 1.86. The van der Waals surface area contributed by atoms with Crippen molar-refractivity contribution in [2.75, 3.05) is 19.6 Å². The fourth-order valence-electron chi connectivity index (χ4n) is 3.00. The van der Waals surface area contributed by atoms with Gasteiger partial charge in [-0.05, 0) is 31.7 Å². The summed E-state index contributed by atoms with van der Waals surface area (Å²) in [5, 5.41) is 3.08. The molecule has 1 aliphatic heterocycles. The lowest BCUT2D eigenvalue weighted by molar-refractivity contribution is 0.179. The van der Waals surface area contributed by atoms with Crippen LogP contribution in [-0.2, 0) is 0 Å². The van der Waals surface area contributed by atoms with Crippen molar-refractivity contribution < 1.29 is 4.79 Å². The van der Waals surface area contributed by atoms with Gasteiger partial charge in [0.1, 0.15) is 5.82 Å². The lowest BCUT2D eigenvalue weighted by Crippen LogP contribution is -2.45. The fourth-order valence-corrected chi connectivity index (χ4v) is 3.00. The predicted molar refractivity (Wildman–Crippen MR) is 87.8 cm³/mol. The molecular formula is C17H28N4O. The molecule has 1 N–H and O–H groups in total. The molecule has 0 radical (unpaired) electrons. The number of urea groups is 1. The van der Waals surface area contributed by atoms with E-state index in [0.717, 1.165) is 56.8 Å². The number of carbonyl (C=O) groups excluding carboxylic acids is 1. The van der Waals surface area contributed by atoms with Crippen molar-refractivity contribution in [3.8, 4) is 0 Å². The van der Waals surface area contributed by atoms with Crippen LogP contribution in [0.2, 0.25) is 0 Å². The topological polar surface area (TPSA) is 58.1 Å². The summed E-state index contributed by atoms with van der Waals surface area (Å²) in [6.07, 6.45) is 6.02. The van der Waals surface area contributed by atoms with Crippen LogP contribution >= 0.6 is 0 Å². The Kier molecular flexibility index (Phi) is 6.16. The third-order valence-corrected chi connectivity index (χ3v) is 4.69. The van der Waals surface area contributed by atoms with Gasteiger partial charge in [0.05, 0.1) is 0 Å². The first-order valence-corrected chi connectivity index (χ1v) is 8.46. The minimum absolute atomic E-state index is 0.0872. The number of hydrogen-bond acceptors (Lipinski definition) is 3. The zero-order valence-corrected chi connectivity index (χ0v) is 14.0. The van der Waals surface area contributed by atoms with Crippen molar-refractivity contribution in [3.05, 3.63) is 23.8 Å². The van der Waals surface area contributed by atoms with E-state index < -0.39 is 0 Å². The van der Waals surface area contributed by atoms with E-state index in [1.807, 2.05) is 24.1 Å². The highest BCUT2D eigenvalue weighted by Gasteiger charge is 2.24. The largest absolute Gasteiger partial charge is 0.338 e. The molecule has 2 heterocycles. The monoisotopic (exact) mass is 304 g/mol. The summed E-state index contributed by atoms with van der Waals surface area (Å²) >= 11 is 0. The molecular weight excluding hydrogens is 276 g/mol. The van der Waals surface area contributed by atoms with Crippen LogP contribution in [0.3, 0.4) is 0 Å². The molecule has 1 aliphatic rings. The smallest absolute Gasteiger partial charge is 0.317 e. The van der Waals surface area contributed by atoms with Gasteiger partial charge in [-0.1, -0.05) is 26.7 Å². The molecule has 5 nitrogen and oxygen atoms in total. The normalized spacial score (nSPS) is 16.1. The van der Waals surface area contributed by atoms with Crippen LogP contribution in [-0.4, -0.2) is 40.5 Å². The number of amides is 2. The second-order valence-electron chi connectivity index (χ2n) is 6.16. The van der Waals surface area contributed by atoms with Gasteiger partial charge in [0.2, 0.25) is 0 Å². The zero-order chi connectivity index (χ0) is 15.9. The summed E-state index contributed by atoms with van der Waals surface area (Å²) in [5.41, 5.74) is 1.12. The number of rotatable bonds is 5. The summed E-state index contributed by atoms with van der Waals surface area (Å²) in [6, 6.07) is 2.09. The number of aryl methyl sites for hydroxylation is 1. The lowest BCUT2D eigenvalue weighted by atomic mass is 9.93. The van der Waals surface area contributed by atoms with Crippen molar-refractivity contribution in [1.29, 1.82) is 0 Å². The summed E-state index contributed by atoms with van der Waals surface area (Å²) in [4.78, 5) is 22.8. The Morgan fingerprint density at radius 2 is 2.05 bits per heavy atom. The van der Waals surface area contributed by atoms with Crippen molar-refractivity contribution in [2.45, 2.75) is 52.4 Å². The Bertz CT molecular complexity index is 479. The molecule has 122 valence electrons. The average Bonchev–Trinajstić information content (AvgIpc) is 2.56. The highest BCUT2D eigenvalue weighted by atomic mass is 16.2. The summed E-state index contributed by atoms with van der Waals surface area (Å²) in [7, 11) is 0. The SMILES string of the molecule is CCC(CC)CNC(=O)N1CCC(c2ccnc(C)n2)CC1. The van der Waals surface area contributed by atoms with E-state index in [-0.39, 0.29) is 6.03 Å². The molecule has 1 aromatic heterocycles. The van der Waals surface area contributed by atoms with Crippen LogP contribution in [0.1, 0.15) is 57.0 Å². The van der Waals surface area contributed by atoms with E-state index in [1.54, 1.807) is 0 Å². The van der Waals surface area contributed by atoms with Crippen LogP contribution < -0.4 is 5.32 Å². The Hall–Kier alpha value is -1.65. The maximum Gasteiger partial charge on any atom is 0.317 e. The molecule has 0 unspecified atom stereocenters. The first-order valence-electron chi connectivity index (χ1n) is 8.46. The second kappa shape index (κ2) is 8.11. The molecule has 1 fully saturated rings. The molecule has 0 spiro atoms. The van der Waals surface area contributed by atoms with Gasteiger partial charge in [-0.2, -0.15) is 0 Å². The molecule has 22 heavy (non-hydrogen) atoms. The molecule has 2 amide bonds. The second-order valence-corrected chi connectivity index (χ2v) is 6.16. The molecule has 1 aromatic rings. The predicted octanol–water partition coefficient (Wildman–Crippen LogP) is 3.11. The van der Waals surface area contributed by atoms with E-state index >= 15 is 0 Å². The number of likely N-dealkylation sites (tertiary alicyclic amines) is 1. The Morgan fingerprint density at radius 3 is 2.64 bits per heavy atom. The van der Waals surface area contributed by atoms with Gasteiger partial charge in [-0.25, -0.2) is 14.8 Å². The number of aromatic nitrogens is 2. The number of carbonyl (C=O) groups is 1. The van der Waals surface area contributed by atoms with Crippen molar-refractivity contribution >= 4 is 6.03 Å². The Morgan fingerprint density at radius 1 is 1.36 bits per heavy atom. The van der Waals surface area contributed by atoms with Crippen molar-refractivity contribution in [1.82, 2.24) is 20.2 Å². The van der Waals surface area contributed by atoms with Crippen LogP contribution in [0.5, 0.6) is 0 Å². The van der Waals surface area contributed by atoms with E-state index in [1.165, 1.54) is 0 Å². The first kappa shape index (κ1) is 16.7. The standard InChI is InChI=1S/C17H28N4O/c1-4-14(5-2)12-19-17(22)21-10-7-15(8-11-21)16-6-9-18-13(3)20-16/h6,9,14-15H,4-5,7-8,10-12H2,1-3H3,(H,19,22). The molecule has 0 aliphatic carbocycles. The van der Waals surface area contributed by atoms with E-state index in [9.17, 15) is 4.79 Å². The van der Waals surface area contributed by atoms with E-state index in [0.29, 0.717) is 11.8 Å². The highest BCUT2D eigenvalue weighted by Crippen LogP contribution is 2.26. The third-order valence-electron chi connectivity index (χ3n) is 4.69. The van der Waals surface area contributed by atoms with Gasteiger partial charge in [0.25, 0.3) is 0 Å². The van der Waals surface area contributed by atoms with Gasteiger partial charge in [-0.15, -0.1) is 0 Å². The van der Waals surface area contributed by atoms with Crippen LogP contribution in [0.15, 0.2) is 12.3 Å². The first-order chi connectivity index (χ1) is 10.6. The number of piperidine rings is 1. The minimum Gasteiger partial charge on any atom is -0.338 e. The van der Waals surface area contributed by atoms with Crippen LogP contribution in [0.4, 0.5) is 4.79 Å². The van der Waals surface area contributed by atoms with Gasteiger partial charge < -0.3 is 10.2 Å². The van der Waals surface area contributed by atoms with E-state index in [2.05, 4.69) is 29.1 Å². The third kappa shape index (κ3) is 4.42. The summed E-state index contributed by atoms with van der Waals surface area (Å²) in [6.45, 7) is 8.68.